The van der Waals surface area contributed by atoms with E-state index >= 15 is 0 Å². The Morgan fingerprint density at radius 1 is 1.44 bits per heavy atom. The van der Waals surface area contributed by atoms with Gasteiger partial charge in [0.15, 0.2) is 0 Å². The van der Waals surface area contributed by atoms with Crippen LogP contribution >= 0.6 is 45.7 Å². The molecule has 0 atom stereocenters. The summed E-state index contributed by atoms with van der Waals surface area (Å²) in [6, 6.07) is 9.66. The minimum Gasteiger partial charge on any atom is -0.276 e. The van der Waals surface area contributed by atoms with Gasteiger partial charge in [0.25, 0.3) is 4.74 Å². The summed E-state index contributed by atoms with van der Waals surface area (Å²) < 4.78 is 0.807. The highest BCUT2D eigenvalue weighted by atomic mass is 127. The predicted octanol–water partition coefficient (Wildman–Crippen LogP) is 3.37. The summed E-state index contributed by atoms with van der Waals surface area (Å²) in [5.74, 6) is 0. The van der Waals surface area contributed by atoms with Crippen LogP contribution in [0.4, 0.5) is 0 Å². The van der Waals surface area contributed by atoms with Crippen LogP contribution in [0.25, 0.3) is 10.6 Å². The van der Waals surface area contributed by atoms with E-state index in [1.54, 1.807) is 0 Å². The van der Waals surface area contributed by atoms with Crippen molar-refractivity contribution in [2.75, 3.05) is 6.26 Å². The first kappa shape index (κ1) is 13.5. The highest BCUT2D eigenvalue weighted by Crippen LogP contribution is 2.27. The van der Waals surface area contributed by atoms with Crippen molar-refractivity contribution in [2.45, 2.75) is 5.03 Å². The number of thioether (sulfide) groups is 1. The second kappa shape index (κ2) is 5.82. The van der Waals surface area contributed by atoms with Crippen LogP contribution in [0.3, 0.4) is 0 Å². The van der Waals surface area contributed by atoms with Crippen molar-refractivity contribution in [3.05, 3.63) is 42.9 Å². The molecule has 0 fully saturated rings. The van der Waals surface area contributed by atoms with Crippen LogP contribution in [0.15, 0.2) is 34.1 Å². The summed E-state index contributed by atoms with van der Waals surface area (Å²) in [6.07, 6.45) is 1.81. The first-order chi connectivity index (χ1) is 8.67. The van der Waals surface area contributed by atoms with Gasteiger partial charge in [0.1, 0.15) is 21.7 Å². The molecule has 1 heterocycles. The predicted molar refractivity (Wildman–Crippen MR) is 83.0 cm³/mol. The lowest BCUT2D eigenvalue weighted by Gasteiger charge is -2.04. The third-order valence-corrected chi connectivity index (χ3v) is 4.74. The molecule has 0 saturated heterocycles. The van der Waals surface area contributed by atoms with E-state index in [1.165, 1.54) is 11.8 Å². The van der Waals surface area contributed by atoms with Crippen LogP contribution in [0.1, 0.15) is 5.56 Å². The van der Waals surface area contributed by atoms with Gasteiger partial charge in [0, 0.05) is 9.13 Å². The summed E-state index contributed by atoms with van der Waals surface area (Å²) in [5, 5.41) is 10.1. The van der Waals surface area contributed by atoms with E-state index < -0.39 is 0 Å². The first-order valence-electron chi connectivity index (χ1n) is 4.91. The zero-order chi connectivity index (χ0) is 13.1. The molecular formula is C12H7IN2OS2. The zero-order valence-corrected chi connectivity index (χ0v) is 13.1. The van der Waals surface area contributed by atoms with Crippen molar-refractivity contribution in [1.82, 2.24) is 4.98 Å². The Labute approximate surface area is 126 Å². The molecule has 0 aliphatic rings. The van der Waals surface area contributed by atoms with E-state index in [9.17, 15) is 4.79 Å². The Bertz CT molecular complexity index is 691. The van der Waals surface area contributed by atoms with Crippen LogP contribution in [0.2, 0.25) is 0 Å². The van der Waals surface area contributed by atoms with Gasteiger partial charge in [-0.15, -0.1) is 11.8 Å². The number of nitriles is 1. The lowest BCUT2D eigenvalue weighted by atomic mass is 10.2. The molecule has 1 aromatic heterocycles. The quantitative estimate of drug-likeness (QED) is 0.587. The van der Waals surface area contributed by atoms with Gasteiger partial charge >= 0.3 is 0 Å². The van der Waals surface area contributed by atoms with E-state index in [-0.39, 0.29) is 10.3 Å². The number of aromatic nitrogens is 1. The summed E-state index contributed by atoms with van der Waals surface area (Å²) in [7, 11) is 0. The van der Waals surface area contributed by atoms with E-state index in [4.69, 9.17) is 5.26 Å². The molecule has 0 saturated carbocycles. The third-order valence-electron chi connectivity index (χ3n) is 2.22. The summed E-state index contributed by atoms with van der Waals surface area (Å²) in [6.45, 7) is 0. The fraction of sp³-hybridized carbons (Fsp3) is 0.0833. The van der Waals surface area contributed by atoms with Crippen LogP contribution in [-0.4, -0.2) is 11.2 Å². The SMILES string of the molecule is CSc1nc(-c2ccccc2I)sc(=O)c1C#N. The van der Waals surface area contributed by atoms with Gasteiger partial charge in [-0.25, -0.2) is 4.98 Å². The Balaban J connectivity index is 2.69. The largest absolute Gasteiger partial charge is 0.276 e. The van der Waals surface area contributed by atoms with E-state index in [0.717, 1.165) is 20.5 Å². The fourth-order valence-corrected chi connectivity index (χ4v) is 3.71. The number of hydrogen-bond donors (Lipinski definition) is 0. The minimum absolute atomic E-state index is 0.141. The highest BCUT2D eigenvalue weighted by molar-refractivity contribution is 14.1. The number of benzene rings is 1. The summed E-state index contributed by atoms with van der Waals surface area (Å²) >= 11 is 4.55. The molecule has 0 aliphatic carbocycles. The number of halogens is 1. The van der Waals surface area contributed by atoms with Gasteiger partial charge in [0.2, 0.25) is 0 Å². The smallest absolute Gasteiger partial charge is 0.254 e. The van der Waals surface area contributed by atoms with Crippen molar-refractivity contribution in [3.8, 4) is 16.6 Å². The molecule has 1 aromatic carbocycles. The van der Waals surface area contributed by atoms with Gasteiger partial charge in [-0.1, -0.05) is 29.5 Å². The number of rotatable bonds is 2. The molecular weight excluding hydrogens is 379 g/mol. The van der Waals surface area contributed by atoms with Crippen molar-refractivity contribution < 1.29 is 0 Å². The maximum absolute atomic E-state index is 11.9. The van der Waals surface area contributed by atoms with Gasteiger partial charge in [-0.2, -0.15) is 5.26 Å². The van der Waals surface area contributed by atoms with Crippen molar-refractivity contribution in [3.63, 3.8) is 0 Å². The second-order valence-electron chi connectivity index (χ2n) is 3.28. The van der Waals surface area contributed by atoms with Crippen molar-refractivity contribution in [2.24, 2.45) is 0 Å². The number of nitrogens with zero attached hydrogens (tertiary/aromatic N) is 2. The highest BCUT2D eigenvalue weighted by Gasteiger charge is 2.13. The maximum Gasteiger partial charge on any atom is 0.254 e. The Morgan fingerprint density at radius 2 is 2.17 bits per heavy atom. The Hall–Kier alpha value is -0.910. The summed E-state index contributed by atoms with van der Waals surface area (Å²) in [4.78, 5) is 16.3. The van der Waals surface area contributed by atoms with Gasteiger partial charge in [0.05, 0.1) is 0 Å². The van der Waals surface area contributed by atoms with Crippen LogP contribution < -0.4 is 4.74 Å². The summed E-state index contributed by atoms with van der Waals surface area (Å²) in [5.41, 5.74) is 1.07. The molecule has 0 bridgehead atoms. The molecule has 0 spiro atoms. The van der Waals surface area contributed by atoms with Crippen LogP contribution in [0.5, 0.6) is 0 Å². The molecule has 0 N–H and O–H groups in total. The molecule has 90 valence electrons. The monoisotopic (exact) mass is 386 g/mol. The number of hydrogen-bond acceptors (Lipinski definition) is 5. The lowest BCUT2D eigenvalue weighted by molar-refractivity contribution is 1.14. The van der Waals surface area contributed by atoms with Crippen molar-refractivity contribution in [1.29, 1.82) is 5.26 Å². The average Bonchev–Trinajstić information content (AvgIpc) is 2.38. The fourth-order valence-electron chi connectivity index (χ4n) is 1.39. The zero-order valence-electron chi connectivity index (χ0n) is 9.31. The van der Waals surface area contributed by atoms with E-state index in [2.05, 4.69) is 27.6 Å². The lowest BCUT2D eigenvalue weighted by Crippen LogP contribution is -2.05. The second-order valence-corrected chi connectivity index (χ2v) is 6.20. The molecule has 2 aromatic rings. The third kappa shape index (κ3) is 2.58. The van der Waals surface area contributed by atoms with E-state index in [1.807, 2.05) is 36.6 Å². The Morgan fingerprint density at radius 3 is 2.78 bits per heavy atom. The molecule has 18 heavy (non-hydrogen) atoms. The molecule has 0 unspecified atom stereocenters. The van der Waals surface area contributed by atoms with Gasteiger partial charge in [-0.3, -0.25) is 4.79 Å². The molecule has 0 radical (unpaired) electrons. The van der Waals surface area contributed by atoms with Crippen LogP contribution in [0, 0.1) is 14.9 Å². The van der Waals surface area contributed by atoms with Crippen LogP contribution in [-0.2, 0) is 0 Å². The van der Waals surface area contributed by atoms with Crippen molar-refractivity contribution >= 4 is 45.7 Å². The molecule has 0 amide bonds. The average molecular weight is 386 g/mol. The standard InChI is InChI=1S/C12H7IN2OS2/c1-17-10-8(6-14)12(16)18-11(15-10)7-4-2-3-5-9(7)13/h2-5H,1H3. The molecule has 3 nitrogen and oxygen atoms in total. The molecule has 2 rings (SSSR count). The Kier molecular flexibility index (Phi) is 4.37. The van der Waals surface area contributed by atoms with E-state index in [0.29, 0.717) is 10.0 Å². The topological polar surface area (TPSA) is 53.8 Å². The maximum atomic E-state index is 11.9. The first-order valence-corrected chi connectivity index (χ1v) is 8.03. The molecule has 0 aliphatic heterocycles. The normalized spacial score (nSPS) is 10.1. The molecule has 6 heteroatoms. The van der Waals surface area contributed by atoms with Gasteiger partial charge in [-0.05, 0) is 34.9 Å². The minimum atomic E-state index is -0.230. The van der Waals surface area contributed by atoms with Gasteiger partial charge < -0.3 is 0 Å².